The van der Waals surface area contributed by atoms with Gasteiger partial charge in [-0.15, -0.1) is 0 Å². The molecule has 34 heavy (non-hydrogen) atoms. The van der Waals surface area contributed by atoms with E-state index in [1.54, 1.807) is 12.1 Å². The second-order valence-electron chi connectivity index (χ2n) is 7.10. The fourth-order valence-electron chi connectivity index (χ4n) is 3.08. The Morgan fingerprint density at radius 3 is 2.29 bits per heavy atom. The Hall–Kier alpha value is -4.31. The number of furan rings is 1. The molecule has 10 heteroatoms. The molecule has 0 fully saturated rings. The molecule has 0 atom stereocenters. The topological polar surface area (TPSA) is 125 Å². The lowest BCUT2D eigenvalue weighted by Gasteiger charge is -2.10. The van der Waals surface area contributed by atoms with E-state index >= 15 is 0 Å². The van der Waals surface area contributed by atoms with E-state index in [-0.39, 0.29) is 5.91 Å². The number of hydrogen-bond donors (Lipinski definition) is 1. The molecule has 9 nitrogen and oxygen atoms in total. The van der Waals surface area contributed by atoms with Crippen LogP contribution in [0.2, 0.25) is 0 Å². The van der Waals surface area contributed by atoms with E-state index in [1.165, 1.54) is 25.4 Å². The zero-order valence-corrected chi connectivity index (χ0v) is 19.3. The molecular weight excluding hydrogens is 460 g/mol. The van der Waals surface area contributed by atoms with Crippen molar-refractivity contribution in [1.29, 1.82) is 0 Å². The summed E-state index contributed by atoms with van der Waals surface area (Å²) in [7, 11) is 1.29. The minimum atomic E-state index is -0.750. The maximum absolute atomic E-state index is 12.8. The first-order valence-corrected chi connectivity index (χ1v) is 10.6. The summed E-state index contributed by atoms with van der Waals surface area (Å²) in [4.78, 5) is 28.5. The molecule has 0 aliphatic heterocycles. The van der Waals surface area contributed by atoms with Crippen LogP contribution in [0.25, 0.3) is 11.0 Å². The average molecular weight is 480 g/mol. The third kappa shape index (κ3) is 5.93. The first-order valence-electron chi connectivity index (χ1n) is 9.91. The Balaban J connectivity index is 0.00000103. The third-order valence-corrected chi connectivity index (χ3v) is 4.66. The fourth-order valence-corrected chi connectivity index (χ4v) is 3.08. The number of rotatable bonds is 5. The summed E-state index contributed by atoms with van der Waals surface area (Å²) in [6.45, 7) is 3.83. The van der Waals surface area contributed by atoms with Gasteiger partial charge in [-0.05, 0) is 56.3 Å². The van der Waals surface area contributed by atoms with Crippen molar-refractivity contribution < 1.29 is 31.9 Å². The summed E-state index contributed by atoms with van der Waals surface area (Å²) < 4.78 is 33.0. The largest absolute Gasteiger partial charge is 0.465 e. The summed E-state index contributed by atoms with van der Waals surface area (Å²) in [6.07, 6.45) is 1.34. The van der Waals surface area contributed by atoms with Crippen molar-refractivity contribution >= 4 is 40.2 Å². The highest BCUT2D eigenvalue weighted by Crippen LogP contribution is 2.34. The molecular formula is C24H20N2O7S. The Morgan fingerprint density at radius 2 is 1.68 bits per heavy atom. The summed E-state index contributed by atoms with van der Waals surface area (Å²) in [5.41, 5.74) is 2.31. The number of carbonyl (C=O) groups is 2. The number of pyridine rings is 1. The molecule has 1 amide bonds. The number of anilines is 1. The van der Waals surface area contributed by atoms with E-state index in [2.05, 4.69) is 15.0 Å². The first-order chi connectivity index (χ1) is 16.3. The number of aromatic nitrogens is 1. The third-order valence-electron chi connectivity index (χ3n) is 4.66. The molecule has 0 saturated heterocycles. The molecule has 0 saturated carbocycles. The Morgan fingerprint density at radius 1 is 0.971 bits per heavy atom. The average Bonchev–Trinajstić information content (AvgIpc) is 3.21. The molecule has 174 valence electrons. The normalized spacial score (nSPS) is 10.1. The second-order valence-corrected chi connectivity index (χ2v) is 7.24. The van der Waals surface area contributed by atoms with Crippen molar-refractivity contribution in [2.75, 3.05) is 12.4 Å². The van der Waals surface area contributed by atoms with Crippen LogP contribution in [0.3, 0.4) is 0 Å². The number of methoxy groups -OCH3 is 1. The molecule has 0 aliphatic carbocycles. The standard InChI is InChI=1S/C24H20N2O5.O2S/c1-14-4-7-18(8-5-14)31-21-12-17(11-20-19(21)10-15(2)30-20)23(27)26-22-9-6-16(13-25-22)24(28)29-3;1-3-2/h4-13H,1-3H3,(H,25,26,27);. The molecule has 2 aromatic heterocycles. The molecule has 4 aromatic rings. The number of benzene rings is 2. The lowest BCUT2D eigenvalue weighted by atomic mass is 10.1. The van der Waals surface area contributed by atoms with Gasteiger partial charge in [0.25, 0.3) is 5.91 Å². The number of ether oxygens (including phenoxy) is 2. The first kappa shape index (κ1) is 24.3. The van der Waals surface area contributed by atoms with Crippen molar-refractivity contribution in [2.24, 2.45) is 0 Å². The van der Waals surface area contributed by atoms with E-state index in [4.69, 9.17) is 17.6 Å². The van der Waals surface area contributed by atoms with Crippen molar-refractivity contribution in [3.8, 4) is 11.5 Å². The van der Waals surface area contributed by atoms with Gasteiger partial charge in [0.1, 0.15) is 28.7 Å². The molecule has 0 bridgehead atoms. The van der Waals surface area contributed by atoms with Gasteiger partial charge in [0.15, 0.2) is 0 Å². The van der Waals surface area contributed by atoms with Crippen molar-refractivity contribution in [1.82, 2.24) is 4.98 Å². The molecule has 0 aliphatic rings. The number of esters is 1. The van der Waals surface area contributed by atoms with Crippen LogP contribution in [-0.4, -0.2) is 32.4 Å². The van der Waals surface area contributed by atoms with Crippen molar-refractivity contribution in [2.45, 2.75) is 13.8 Å². The van der Waals surface area contributed by atoms with E-state index < -0.39 is 17.5 Å². The predicted octanol–water partition coefficient (Wildman–Crippen LogP) is 4.61. The van der Waals surface area contributed by atoms with Gasteiger partial charge in [-0.1, -0.05) is 17.7 Å². The number of hydrogen-bond acceptors (Lipinski definition) is 8. The minimum Gasteiger partial charge on any atom is -0.465 e. The maximum Gasteiger partial charge on any atom is 0.339 e. The molecule has 4 rings (SSSR count). The zero-order valence-electron chi connectivity index (χ0n) is 18.5. The molecule has 1 N–H and O–H groups in total. The van der Waals surface area contributed by atoms with E-state index in [1.807, 2.05) is 44.2 Å². The molecule has 2 heterocycles. The van der Waals surface area contributed by atoms with Gasteiger partial charge >= 0.3 is 17.5 Å². The highest BCUT2D eigenvalue weighted by Gasteiger charge is 2.16. The summed E-state index contributed by atoms with van der Waals surface area (Å²) in [5.74, 6) is 1.29. The van der Waals surface area contributed by atoms with E-state index in [0.29, 0.717) is 39.8 Å². The number of aryl methyl sites for hydroxylation is 2. The molecule has 2 aromatic carbocycles. The van der Waals surface area contributed by atoms with Crippen molar-refractivity contribution in [3.63, 3.8) is 0 Å². The van der Waals surface area contributed by atoms with Crippen LogP contribution in [0, 0.1) is 13.8 Å². The van der Waals surface area contributed by atoms with E-state index in [0.717, 1.165) is 10.9 Å². The lowest BCUT2D eigenvalue weighted by Crippen LogP contribution is -2.13. The Bertz CT molecular complexity index is 1360. The fraction of sp³-hybridized carbons (Fsp3) is 0.125. The summed E-state index contributed by atoms with van der Waals surface area (Å²) in [6, 6.07) is 15.9. The number of nitrogens with one attached hydrogen (secondary N) is 1. The van der Waals surface area contributed by atoms with Gasteiger partial charge in [0.2, 0.25) is 0 Å². The monoisotopic (exact) mass is 480 g/mol. The number of fused-ring (bicyclic) bond motifs is 1. The van der Waals surface area contributed by atoms with E-state index in [9.17, 15) is 9.59 Å². The minimum absolute atomic E-state index is 0.293. The highest BCUT2D eigenvalue weighted by molar-refractivity contribution is 7.51. The Kier molecular flexibility index (Phi) is 7.88. The van der Waals surface area contributed by atoms with Gasteiger partial charge in [0.05, 0.1) is 18.1 Å². The number of carbonyl (C=O) groups excluding carboxylic acids is 2. The molecule has 0 spiro atoms. The zero-order chi connectivity index (χ0) is 24.7. The molecule has 0 radical (unpaired) electrons. The van der Waals surface area contributed by atoms with Crippen LogP contribution in [0.4, 0.5) is 5.82 Å². The predicted molar refractivity (Wildman–Crippen MR) is 125 cm³/mol. The van der Waals surface area contributed by atoms with Crippen LogP contribution in [0.5, 0.6) is 11.5 Å². The second kappa shape index (κ2) is 11.0. The van der Waals surface area contributed by atoms with Crippen LogP contribution < -0.4 is 10.1 Å². The van der Waals surface area contributed by atoms with Gasteiger partial charge in [-0.25, -0.2) is 9.78 Å². The quantitative estimate of drug-likeness (QED) is 0.411. The summed E-state index contributed by atoms with van der Waals surface area (Å²) >= 11 is -0.750. The van der Waals surface area contributed by atoms with Crippen LogP contribution in [0.1, 0.15) is 32.0 Å². The van der Waals surface area contributed by atoms with Gasteiger partial charge in [0, 0.05) is 11.8 Å². The van der Waals surface area contributed by atoms with Crippen LogP contribution in [0.15, 0.2) is 65.2 Å². The van der Waals surface area contributed by atoms with Crippen LogP contribution in [-0.2, 0) is 16.3 Å². The maximum atomic E-state index is 12.8. The molecule has 0 unspecified atom stereocenters. The van der Waals surface area contributed by atoms with Gasteiger partial charge in [-0.3, -0.25) is 4.79 Å². The SMILES string of the molecule is COC(=O)c1ccc(NC(=O)c2cc(Oc3ccc(C)cc3)c3cc(C)oc3c2)nc1.O=S=O. The number of amides is 1. The lowest BCUT2D eigenvalue weighted by molar-refractivity contribution is 0.0600. The van der Waals surface area contributed by atoms with Gasteiger partial charge in [-0.2, -0.15) is 8.42 Å². The number of nitrogens with zero attached hydrogens (tertiary/aromatic N) is 1. The van der Waals surface area contributed by atoms with Gasteiger partial charge < -0.3 is 19.2 Å². The van der Waals surface area contributed by atoms with Crippen molar-refractivity contribution in [3.05, 3.63) is 83.2 Å². The highest BCUT2D eigenvalue weighted by atomic mass is 32.1. The summed E-state index contributed by atoms with van der Waals surface area (Å²) in [5, 5.41) is 3.49. The smallest absolute Gasteiger partial charge is 0.339 e. The van der Waals surface area contributed by atoms with Crippen LogP contribution >= 0.6 is 0 Å². The Labute approximate surface area is 198 Å².